The second-order valence-corrected chi connectivity index (χ2v) is 7.16. The highest BCUT2D eigenvalue weighted by Gasteiger charge is 2.25. The fourth-order valence-electron chi connectivity index (χ4n) is 3.92. The van der Waals surface area contributed by atoms with Crippen LogP contribution in [0.25, 0.3) is 10.9 Å². The van der Waals surface area contributed by atoms with Crippen molar-refractivity contribution in [3.63, 3.8) is 0 Å². The van der Waals surface area contributed by atoms with Crippen molar-refractivity contribution in [1.29, 1.82) is 0 Å². The first-order valence-electron chi connectivity index (χ1n) is 9.16. The lowest BCUT2D eigenvalue weighted by Gasteiger charge is -2.22. The summed E-state index contributed by atoms with van der Waals surface area (Å²) in [5.41, 5.74) is 7.81. The van der Waals surface area contributed by atoms with Gasteiger partial charge in [0.05, 0.1) is 11.2 Å². The molecule has 0 saturated heterocycles. The molecule has 24 heavy (non-hydrogen) atoms. The van der Waals surface area contributed by atoms with Crippen LogP contribution in [0.4, 0.5) is 11.4 Å². The van der Waals surface area contributed by atoms with E-state index >= 15 is 0 Å². The number of benzene rings is 2. The van der Waals surface area contributed by atoms with Crippen LogP contribution in [0.5, 0.6) is 0 Å². The predicted molar refractivity (Wildman–Crippen MR) is 100 cm³/mol. The molecule has 1 fully saturated rings. The van der Waals surface area contributed by atoms with E-state index in [-0.39, 0.29) is 0 Å². The molecule has 2 nitrogen and oxygen atoms in total. The first kappa shape index (κ1) is 14.0. The minimum absolute atomic E-state index is 0.773. The summed E-state index contributed by atoms with van der Waals surface area (Å²) in [6, 6.07) is 17.4. The molecule has 0 unspecified atom stereocenters. The van der Waals surface area contributed by atoms with Gasteiger partial charge < -0.3 is 5.32 Å². The Labute approximate surface area is 142 Å². The van der Waals surface area contributed by atoms with E-state index in [1.807, 2.05) is 0 Å². The van der Waals surface area contributed by atoms with Gasteiger partial charge in [0.15, 0.2) is 0 Å². The first-order chi connectivity index (χ1) is 11.9. The number of para-hydroxylation sites is 1. The zero-order chi connectivity index (χ0) is 15.9. The molecule has 1 N–H and O–H groups in total. The van der Waals surface area contributed by atoms with Gasteiger partial charge in [0.2, 0.25) is 0 Å². The summed E-state index contributed by atoms with van der Waals surface area (Å²) in [5.74, 6) is 0.773. The highest BCUT2D eigenvalue weighted by atomic mass is 14.9. The van der Waals surface area contributed by atoms with E-state index in [9.17, 15) is 0 Å². The van der Waals surface area contributed by atoms with Crippen molar-refractivity contribution in [2.45, 2.75) is 44.4 Å². The van der Waals surface area contributed by atoms with Crippen molar-refractivity contribution in [1.82, 2.24) is 4.98 Å². The maximum absolute atomic E-state index is 5.00. The number of rotatable bonds is 3. The summed E-state index contributed by atoms with van der Waals surface area (Å²) in [4.78, 5) is 5.00. The minimum Gasteiger partial charge on any atom is -0.355 e. The number of aryl methyl sites for hydroxylation is 1. The topological polar surface area (TPSA) is 24.9 Å². The quantitative estimate of drug-likeness (QED) is 0.667. The van der Waals surface area contributed by atoms with Gasteiger partial charge in [0, 0.05) is 16.8 Å². The molecule has 3 aromatic rings. The third kappa shape index (κ3) is 2.47. The van der Waals surface area contributed by atoms with Gasteiger partial charge in [-0.1, -0.05) is 24.3 Å². The minimum atomic E-state index is 0.773. The first-order valence-corrected chi connectivity index (χ1v) is 9.16. The molecule has 120 valence electrons. The summed E-state index contributed by atoms with van der Waals surface area (Å²) >= 11 is 0. The van der Waals surface area contributed by atoms with Crippen LogP contribution in [0.3, 0.4) is 0 Å². The van der Waals surface area contributed by atoms with Crippen LogP contribution in [0.15, 0.2) is 48.5 Å². The number of nitrogens with one attached hydrogen (secondary N) is 1. The van der Waals surface area contributed by atoms with E-state index in [1.165, 1.54) is 53.6 Å². The van der Waals surface area contributed by atoms with Crippen molar-refractivity contribution in [3.05, 3.63) is 65.4 Å². The van der Waals surface area contributed by atoms with Gasteiger partial charge in [-0.05, 0) is 79.8 Å². The van der Waals surface area contributed by atoms with Crippen molar-refractivity contribution in [2.24, 2.45) is 0 Å². The molecule has 0 bridgehead atoms. The number of anilines is 2. The molecule has 1 aromatic heterocycles. The van der Waals surface area contributed by atoms with E-state index in [1.54, 1.807) is 0 Å². The van der Waals surface area contributed by atoms with E-state index in [0.29, 0.717) is 0 Å². The Morgan fingerprint density at radius 2 is 1.75 bits per heavy atom. The molecule has 2 aliphatic rings. The molecule has 0 aliphatic heterocycles. The Hall–Kier alpha value is -2.35. The van der Waals surface area contributed by atoms with Crippen LogP contribution < -0.4 is 5.32 Å². The summed E-state index contributed by atoms with van der Waals surface area (Å²) in [5, 5.41) is 5.02. The third-order valence-corrected chi connectivity index (χ3v) is 5.38. The van der Waals surface area contributed by atoms with E-state index in [0.717, 1.165) is 30.0 Å². The molecule has 2 heteroatoms. The summed E-state index contributed by atoms with van der Waals surface area (Å²) in [7, 11) is 0. The smallest absolute Gasteiger partial charge is 0.0726 e. The number of nitrogens with zero attached hydrogens (tertiary/aromatic N) is 1. The summed E-state index contributed by atoms with van der Waals surface area (Å²) in [6.07, 6.45) is 7.46. The lowest BCUT2D eigenvalue weighted by molar-refractivity contribution is 0.672. The lowest BCUT2D eigenvalue weighted by Crippen LogP contribution is -2.09. The average Bonchev–Trinajstić information content (AvgIpc) is 3.47. The molecule has 0 atom stereocenters. The lowest BCUT2D eigenvalue weighted by atomic mass is 9.92. The fraction of sp³-hybridized carbons (Fsp3) is 0.318. The van der Waals surface area contributed by atoms with Crippen LogP contribution in [-0.2, 0) is 12.8 Å². The summed E-state index contributed by atoms with van der Waals surface area (Å²) in [6.45, 7) is 0. The van der Waals surface area contributed by atoms with Crippen molar-refractivity contribution in [3.8, 4) is 0 Å². The SMILES string of the molecule is c1ccc(Nc2c3c(nc4ccc(C5CC5)cc24)CCCC3)cc1. The zero-order valence-corrected chi connectivity index (χ0v) is 13.9. The third-order valence-electron chi connectivity index (χ3n) is 5.38. The van der Waals surface area contributed by atoms with Gasteiger partial charge in [-0.2, -0.15) is 0 Å². The molecule has 1 saturated carbocycles. The number of hydrogen-bond acceptors (Lipinski definition) is 2. The van der Waals surface area contributed by atoms with E-state index < -0.39 is 0 Å². The maximum atomic E-state index is 5.00. The summed E-state index contributed by atoms with van der Waals surface area (Å²) < 4.78 is 0. The highest BCUT2D eigenvalue weighted by Crippen LogP contribution is 2.43. The Bertz CT molecular complexity index is 895. The van der Waals surface area contributed by atoms with Crippen LogP contribution in [0.1, 0.15) is 48.4 Å². The Morgan fingerprint density at radius 1 is 0.917 bits per heavy atom. The standard InChI is InChI=1S/C22H22N2/c1-2-6-17(7-3-1)23-22-18-8-4-5-9-20(18)24-21-13-12-16(14-19(21)22)15-10-11-15/h1-3,6-7,12-15H,4-5,8-11H2,(H,23,24). The predicted octanol–water partition coefficient (Wildman–Crippen LogP) is 5.73. The average molecular weight is 314 g/mol. The maximum Gasteiger partial charge on any atom is 0.0726 e. The largest absolute Gasteiger partial charge is 0.355 e. The zero-order valence-electron chi connectivity index (χ0n) is 13.9. The molecule has 2 aromatic carbocycles. The van der Waals surface area contributed by atoms with Crippen LogP contribution in [0, 0.1) is 0 Å². The van der Waals surface area contributed by atoms with Gasteiger partial charge in [-0.15, -0.1) is 0 Å². The Morgan fingerprint density at radius 3 is 2.58 bits per heavy atom. The molecule has 0 radical (unpaired) electrons. The number of aromatic nitrogens is 1. The molecule has 1 heterocycles. The fourth-order valence-corrected chi connectivity index (χ4v) is 3.92. The van der Waals surface area contributed by atoms with Gasteiger partial charge in [0.25, 0.3) is 0 Å². The normalized spacial score (nSPS) is 16.8. The monoisotopic (exact) mass is 314 g/mol. The van der Waals surface area contributed by atoms with E-state index in [4.69, 9.17) is 4.98 Å². The highest BCUT2D eigenvalue weighted by molar-refractivity contribution is 5.96. The molecule has 0 spiro atoms. The van der Waals surface area contributed by atoms with Crippen molar-refractivity contribution >= 4 is 22.3 Å². The Balaban J connectivity index is 1.71. The van der Waals surface area contributed by atoms with Gasteiger partial charge in [-0.25, -0.2) is 0 Å². The molecule has 0 amide bonds. The second-order valence-electron chi connectivity index (χ2n) is 7.16. The van der Waals surface area contributed by atoms with Gasteiger partial charge in [-0.3, -0.25) is 4.98 Å². The van der Waals surface area contributed by atoms with Crippen LogP contribution >= 0.6 is 0 Å². The number of hydrogen-bond donors (Lipinski definition) is 1. The second kappa shape index (κ2) is 5.62. The van der Waals surface area contributed by atoms with Gasteiger partial charge >= 0.3 is 0 Å². The van der Waals surface area contributed by atoms with Crippen molar-refractivity contribution in [2.75, 3.05) is 5.32 Å². The Kier molecular flexibility index (Phi) is 3.29. The number of fused-ring (bicyclic) bond motifs is 2. The number of pyridine rings is 1. The van der Waals surface area contributed by atoms with Crippen LogP contribution in [0.2, 0.25) is 0 Å². The van der Waals surface area contributed by atoms with Crippen LogP contribution in [-0.4, -0.2) is 4.98 Å². The van der Waals surface area contributed by atoms with E-state index in [2.05, 4.69) is 53.8 Å². The molecule has 2 aliphatic carbocycles. The van der Waals surface area contributed by atoms with Gasteiger partial charge in [0.1, 0.15) is 0 Å². The molecular weight excluding hydrogens is 292 g/mol. The molecular formula is C22H22N2. The molecule has 5 rings (SSSR count). The van der Waals surface area contributed by atoms with Crippen molar-refractivity contribution < 1.29 is 0 Å².